The quantitative estimate of drug-likeness (QED) is 0.573. The molecule has 0 heterocycles. The van der Waals surface area contributed by atoms with Crippen molar-refractivity contribution in [3.8, 4) is 0 Å². The van der Waals surface area contributed by atoms with E-state index in [1.807, 2.05) is 0 Å². The van der Waals surface area contributed by atoms with Gasteiger partial charge in [0.15, 0.2) is 0 Å². The Morgan fingerprint density at radius 2 is 2.00 bits per heavy atom. The monoisotopic (exact) mass is 132 g/mol. The summed E-state index contributed by atoms with van der Waals surface area (Å²) in [4.78, 5) is 10.4. The Balaban J connectivity index is 3.50. The van der Waals surface area contributed by atoms with Crippen LogP contribution >= 0.6 is 0 Å². The molecule has 0 aliphatic carbocycles. The van der Waals surface area contributed by atoms with Crippen molar-refractivity contribution in [2.45, 2.75) is 33.4 Å². The molecule has 0 spiro atoms. The molecule has 0 aromatic carbocycles. The summed E-state index contributed by atoms with van der Waals surface area (Å²) in [5.41, 5.74) is 0. The summed E-state index contributed by atoms with van der Waals surface area (Å²) in [6.07, 6.45) is -0.508. The molecular formula is C7H13FO. The Morgan fingerprint density at radius 1 is 1.56 bits per heavy atom. The van der Waals surface area contributed by atoms with Crippen LogP contribution in [0.2, 0.25) is 0 Å². The summed E-state index contributed by atoms with van der Waals surface area (Å²) in [7, 11) is 0. The van der Waals surface area contributed by atoms with Crippen LogP contribution in [0.1, 0.15) is 27.2 Å². The smallest absolute Gasteiger partial charge is 0.130 e. The molecule has 0 aliphatic rings. The van der Waals surface area contributed by atoms with Crippen LogP contribution < -0.4 is 0 Å². The van der Waals surface area contributed by atoms with E-state index in [0.29, 0.717) is 6.42 Å². The summed E-state index contributed by atoms with van der Waals surface area (Å²) < 4.78 is 12.3. The van der Waals surface area contributed by atoms with Gasteiger partial charge in [-0.15, -0.1) is 0 Å². The van der Waals surface area contributed by atoms with Crippen LogP contribution in [-0.4, -0.2) is 12.0 Å². The van der Waals surface area contributed by atoms with Crippen molar-refractivity contribution in [1.82, 2.24) is 0 Å². The number of carbonyl (C=O) groups is 1. The minimum Gasteiger partial charge on any atom is -0.300 e. The average molecular weight is 132 g/mol. The third kappa shape index (κ3) is 4.13. The molecular weight excluding hydrogens is 119 g/mol. The van der Waals surface area contributed by atoms with Crippen LogP contribution in [0, 0.1) is 5.92 Å². The predicted octanol–water partition coefficient (Wildman–Crippen LogP) is 1.96. The molecule has 1 nitrogen and oxygen atoms in total. The fourth-order valence-electron chi connectivity index (χ4n) is 0.616. The van der Waals surface area contributed by atoms with E-state index < -0.39 is 6.17 Å². The summed E-state index contributed by atoms with van der Waals surface area (Å²) in [6.45, 7) is 4.71. The van der Waals surface area contributed by atoms with E-state index in [9.17, 15) is 9.18 Å². The maximum Gasteiger partial charge on any atom is 0.130 e. The van der Waals surface area contributed by atoms with Crippen LogP contribution in [0.5, 0.6) is 0 Å². The summed E-state index contributed by atoms with van der Waals surface area (Å²) in [6, 6.07) is 0. The molecule has 2 unspecified atom stereocenters. The molecule has 54 valence electrons. The normalized spacial score (nSPS) is 16.9. The molecule has 0 amide bonds. The lowest BCUT2D eigenvalue weighted by atomic mass is 10.0. The lowest BCUT2D eigenvalue weighted by molar-refractivity contribution is -0.118. The van der Waals surface area contributed by atoms with E-state index in [2.05, 4.69) is 0 Å². The molecule has 0 radical (unpaired) electrons. The molecule has 0 aromatic rings. The molecule has 0 rings (SSSR count). The highest BCUT2D eigenvalue weighted by molar-refractivity contribution is 5.75. The number of ketones is 1. The van der Waals surface area contributed by atoms with Crippen molar-refractivity contribution >= 4 is 5.78 Å². The van der Waals surface area contributed by atoms with Crippen LogP contribution in [0.25, 0.3) is 0 Å². The molecule has 0 N–H and O–H groups in total. The van der Waals surface area contributed by atoms with Gasteiger partial charge in [0.2, 0.25) is 0 Å². The van der Waals surface area contributed by atoms with E-state index >= 15 is 0 Å². The first-order chi connectivity index (χ1) is 4.04. The molecule has 0 fully saturated rings. The zero-order chi connectivity index (χ0) is 7.44. The van der Waals surface area contributed by atoms with Gasteiger partial charge < -0.3 is 4.79 Å². The lowest BCUT2D eigenvalue weighted by Crippen LogP contribution is -2.11. The number of Topliss-reactive ketones (excluding diaryl/α,β-unsaturated/α-hetero) is 1. The topological polar surface area (TPSA) is 17.1 Å². The number of hydrogen-bond donors (Lipinski definition) is 0. The average Bonchev–Trinajstić information content (AvgIpc) is 1.63. The zero-order valence-corrected chi connectivity index (χ0v) is 6.15. The van der Waals surface area contributed by atoms with E-state index in [-0.39, 0.29) is 11.7 Å². The van der Waals surface area contributed by atoms with Crippen molar-refractivity contribution < 1.29 is 9.18 Å². The largest absolute Gasteiger partial charge is 0.300 e. The van der Waals surface area contributed by atoms with Crippen molar-refractivity contribution in [3.05, 3.63) is 0 Å². The Bertz CT molecular complexity index is 99.1. The van der Waals surface area contributed by atoms with Gasteiger partial charge in [-0.05, 0) is 19.8 Å². The molecule has 0 aliphatic heterocycles. The molecule has 2 atom stereocenters. The number of rotatable bonds is 3. The van der Waals surface area contributed by atoms with Gasteiger partial charge in [-0.2, -0.15) is 0 Å². The highest BCUT2D eigenvalue weighted by Gasteiger charge is 2.11. The van der Waals surface area contributed by atoms with Crippen LogP contribution in [0.3, 0.4) is 0 Å². The van der Waals surface area contributed by atoms with E-state index in [4.69, 9.17) is 0 Å². The SMILES string of the molecule is CC(=O)CC(C)C(C)F. The van der Waals surface area contributed by atoms with Crippen molar-refractivity contribution in [3.63, 3.8) is 0 Å². The molecule has 9 heavy (non-hydrogen) atoms. The summed E-state index contributed by atoms with van der Waals surface area (Å²) in [5.74, 6) is -0.0606. The molecule has 0 aromatic heterocycles. The molecule has 0 saturated carbocycles. The number of alkyl halides is 1. The Kier molecular flexibility index (Phi) is 3.43. The molecule has 2 heteroatoms. The van der Waals surface area contributed by atoms with Crippen LogP contribution in [0.4, 0.5) is 4.39 Å². The minimum absolute atomic E-state index is 0.0620. The van der Waals surface area contributed by atoms with E-state index in [0.717, 1.165) is 0 Å². The fraction of sp³-hybridized carbons (Fsp3) is 0.857. The Morgan fingerprint density at radius 3 is 2.11 bits per heavy atom. The van der Waals surface area contributed by atoms with Crippen molar-refractivity contribution in [2.24, 2.45) is 5.92 Å². The van der Waals surface area contributed by atoms with Crippen LogP contribution in [-0.2, 0) is 4.79 Å². The van der Waals surface area contributed by atoms with Gasteiger partial charge in [-0.25, -0.2) is 4.39 Å². The van der Waals surface area contributed by atoms with Gasteiger partial charge in [0.1, 0.15) is 12.0 Å². The number of carbonyl (C=O) groups excluding carboxylic acids is 1. The number of hydrogen-bond acceptors (Lipinski definition) is 1. The standard InChI is InChI=1S/C7H13FO/c1-5(7(3)8)4-6(2)9/h5,7H,4H2,1-3H3. The summed E-state index contributed by atoms with van der Waals surface area (Å²) in [5, 5.41) is 0. The van der Waals surface area contributed by atoms with Gasteiger partial charge in [-0.3, -0.25) is 0 Å². The summed E-state index contributed by atoms with van der Waals surface area (Å²) >= 11 is 0. The first-order valence-electron chi connectivity index (χ1n) is 3.17. The first kappa shape index (κ1) is 8.60. The second-order valence-corrected chi connectivity index (χ2v) is 2.56. The second-order valence-electron chi connectivity index (χ2n) is 2.56. The van der Waals surface area contributed by atoms with E-state index in [1.54, 1.807) is 6.92 Å². The Hall–Kier alpha value is -0.400. The minimum atomic E-state index is -0.867. The first-order valence-corrected chi connectivity index (χ1v) is 3.17. The maximum atomic E-state index is 12.3. The van der Waals surface area contributed by atoms with Gasteiger partial charge in [0, 0.05) is 6.42 Å². The molecule has 0 bridgehead atoms. The van der Waals surface area contributed by atoms with Gasteiger partial charge in [0.05, 0.1) is 0 Å². The second kappa shape index (κ2) is 3.59. The zero-order valence-electron chi connectivity index (χ0n) is 6.15. The van der Waals surface area contributed by atoms with Gasteiger partial charge in [0.25, 0.3) is 0 Å². The van der Waals surface area contributed by atoms with Crippen molar-refractivity contribution in [2.75, 3.05) is 0 Å². The fourth-order valence-corrected chi connectivity index (χ4v) is 0.616. The van der Waals surface area contributed by atoms with Crippen LogP contribution in [0.15, 0.2) is 0 Å². The maximum absolute atomic E-state index is 12.3. The van der Waals surface area contributed by atoms with Crippen molar-refractivity contribution in [1.29, 1.82) is 0 Å². The Labute approximate surface area is 55.3 Å². The third-order valence-corrected chi connectivity index (χ3v) is 1.39. The highest BCUT2D eigenvalue weighted by atomic mass is 19.1. The molecule has 0 saturated heterocycles. The van der Waals surface area contributed by atoms with Gasteiger partial charge >= 0.3 is 0 Å². The third-order valence-electron chi connectivity index (χ3n) is 1.39. The highest BCUT2D eigenvalue weighted by Crippen LogP contribution is 2.10. The number of halogens is 1. The van der Waals surface area contributed by atoms with Gasteiger partial charge in [-0.1, -0.05) is 6.92 Å². The van der Waals surface area contributed by atoms with E-state index in [1.165, 1.54) is 13.8 Å². The predicted molar refractivity (Wildman–Crippen MR) is 35.0 cm³/mol. The lowest BCUT2D eigenvalue weighted by Gasteiger charge is -2.08.